The first kappa shape index (κ1) is 19.6. The minimum Gasteiger partial charge on any atom is -0.492 e. The van der Waals surface area contributed by atoms with Crippen LogP contribution in [0.25, 0.3) is 0 Å². The molecule has 5 nitrogen and oxygen atoms in total. The molecule has 2 rings (SSSR count). The number of likely N-dealkylation sites (N-methyl/N-ethyl adjacent to an activating group) is 1. The summed E-state index contributed by atoms with van der Waals surface area (Å²) in [5.41, 5.74) is 1.65. The van der Waals surface area contributed by atoms with E-state index < -0.39 is 0 Å². The zero-order valence-corrected chi connectivity index (χ0v) is 16.2. The number of guanidine groups is 1. The molecule has 0 bridgehead atoms. The van der Waals surface area contributed by atoms with Crippen LogP contribution >= 0.6 is 0 Å². The molecule has 1 aliphatic rings. The van der Waals surface area contributed by atoms with Crippen LogP contribution in [0.15, 0.2) is 29.3 Å². The molecule has 1 aromatic carbocycles. The van der Waals surface area contributed by atoms with E-state index >= 15 is 0 Å². The first-order chi connectivity index (χ1) is 12.1. The fourth-order valence-electron chi connectivity index (χ4n) is 2.82. The summed E-state index contributed by atoms with van der Waals surface area (Å²) in [6.07, 6.45) is 3.69. The molecule has 0 amide bonds. The van der Waals surface area contributed by atoms with Gasteiger partial charge in [-0.3, -0.25) is 4.99 Å². The van der Waals surface area contributed by atoms with Gasteiger partial charge in [0.2, 0.25) is 0 Å². The van der Waals surface area contributed by atoms with Gasteiger partial charge in [0.05, 0.1) is 6.54 Å². The maximum atomic E-state index is 5.81. The van der Waals surface area contributed by atoms with Crippen molar-refractivity contribution in [1.29, 1.82) is 0 Å². The monoisotopic (exact) mass is 347 g/mol. The summed E-state index contributed by atoms with van der Waals surface area (Å²) >= 11 is 0. The average Bonchev–Trinajstić information content (AvgIpc) is 3.37. The van der Waals surface area contributed by atoms with E-state index in [4.69, 9.17) is 9.47 Å². The summed E-state index contributed by atoms with van der Waals surface area (Å²) in [7, 11) is 3.88. The fourth-order valence-corrected chi connectivity index (χ4v) is 2.82. The Labute approximate surface area is 152 Å². The Kier molecular flexibility index (Phi) is 7.56. The second-order valence-corrected chi connectivity index (χ2v) is 6.93. The lowest BCUT2D eigenvalue weighted by Crippen LogP contribution is -2.43. The molecule has 25 heavy (non-hydrogen) atoms. The Morgan fingerprint density at radius 1 is 1.24 bits per heavy atom. The van der Waals surface area contributed by atoms with Gasteiger partial charge in [0, 0.05) is 33.9 Å². The van der Waals surface area contributed by atoms with Crippen molar-refractivity contribution in [1.82, 2.24) is 10.2 Å². The molecule has 1 saturated carbocycles. The van der Waals surface area contributed by atoms with E-state index in [0.29, 0.717) is 12.0 Å². The van der Waals surface area contributed by atoms with Crippen LogP contribution in [0.1, 0.15) is 31.7 Å². The molecule has 1 fully saturated rings. The third kappa shape index (κ3) is 6.58. The Morgan fingerprint density at radius 2 is 1.96 bits per heavy atom. The fraction of sp³-hybridized carbons (Fsp3) is 0.650. The Bertz CT molecular complexity index is 538. The molecule has 0 aliphatic heterocycles. The minimum absolute atomic E-state index is 0.407. The van der Waals surface area contributed by atoms with Gasteiger partial charge in [0.25, 0.3) is 0 Å². The largest absolute Gasteiger partial charge is 0.492 e. The summed E-state index contributed by atoms with van der Waals surface area (Å²) in [4.78, 5) is 6.52. The molecule has 1 aliphatic carbocycles. The number of ether oxygens (including phenoxy) is 2. The van der Waals surface area contributed by atoms with Gasteiger partial charge in [-0.25, -0.2) is 0 Å². The highest BCUT2D eigenvalue weighted by Gasteiger charge is 2.42. The molecule has 0 saturated heterocycles. The zero-order valence-electron chi connectivity index (χ0n) is 16.2. The van der Waals surface area contributed by atoms with E-state index in [1.807, 2.05) is 33.2 Å². The maximum Gasteiger partial charge on any atom is 0.193 e. The van der Waals surface area contributed by atoms with Crippen LogP contribution < -0.4 is 10.1 Å². The molecule has 140 valence electrons. The summed E-state index contributed by atoms with van der Waals surface area (Å²) in [5.74, 6) is 1.84. The minimum atomic E-state index is 0.407. The van der Waals surface area contributed by atoms with Crippen molar-refractivity contribution >= 4 is 5.96 Å². The van der Waals surface area contributed by atoms with Crippen molar-refractivity contribution in [2.75, 3.05) is 47.0 Å². The summed E-state index contributed by atoms with van der Waals surface area (Å²) in [5, 5.41) is 3.52. The molecule has 0 atom stereocenters. The number of nitrogens with one attached hydrogen (secondary N) is 1. The molecule has 0 unspecified atom stereocenters. The third-order valence-electron chi connectivity index (χ3n) is 4.85. The lowest BCUT2D eigenvalue weighted by Gasteiger charge is -2.24. The van der Waals surface area contributed by atoms with E-state index in [1.165, 1.54) is 18.4 Å². The van der Waals surface area contributed by atoms with Crippen LogP contribution in [0, 0.1) is 12.3 Å². The molecule has 1 N–H and O–H groups in total. The van der Waals surface area contributed by atoms with Gasteiger partial charge in [0.1, 0.15) is 12.4 Å². The van der Waals surface area contributed by atoms with E-state index in [2.05, 4.69) is 34.3 Å². The van der Waals surface area contributed by atoms with Crippen molar-refractivity contribution in [3.63, 3.8) is 0 Å². The van der Waals surface area contributed by atoms with Crippen molar-refractivity contribution in [3.8, 4) is 5.75 Å². The van der Waals surface area contributed by atoms with Crippen molar-refractivity contribution in [2.24, 2.45) is 10.4 Å². The molecule has 0 aromatic heterocycles. The molecule has 0 heterocycles. The van der Waals surface area contributed by atoms with Crippen LogP contribution in [0.5, 0.6) is 5.75 Å². The molecular formula is C20H33N3O2. The van der Waals surface area contributed by atoms with Crippen LogP contribution in [-0.4, -0.2) is 57.9 Å². The lowest BCUT2D eigenvalue weighted by atomic mass is 10.0. The SMILES string of the molecule is CCOCCC1(CNC(=NC)N(C)CCOc2ccc(C)cc2)CC1. The van der Waals surface area contributed by atoms with Gasteiger partial charge in [-0.2, -0.15) is 0 Å². The maximum absolute atomic E-state index is 5.81. The standard InChI is InChI=1S/C20H33N3O2/c1-5-24-14-12-20(10-11-20)16-22-19(21-3)23(4)13-15-25-18-8-6-17(2)7-9-18/h6-9H,5,10-16H2,1-4H3,(H,21,22). The topological polar surface area (TPSA) is 46.1 Å². The second-order valence-electron chi connectivity index (χ2n) is 6.93. The Hall–Kier alpha value is -1.75. The normalized spacial score (nSPS) is 15.8. The molecule has 5 heteroatoms. The number of aliphatic imine (C=N–C) groups is 1. The molecular weight excluding hydrogens is 314 g/mol. The Morgan fingerprint density at radius 3 is 2.56 bits per heavy atom. The first-order valence-electron chi connectivity index (χ1n) is 9.27. The van der Waals surface area contributed by atoms with E-state index in [1.54, 1.807) is 0 Å². The van der Waals surface area contributed by atoms with Crippen LogP contribution in [0.2, 0.25) is 0 Å². The molecule has 0 spiro atoms. The smallest absolute Gasteiger partial charge is 0.193 e. The number of aryl methyl sites for hydroxylation is 1. The van der Waals surface area contributed by atoms with Gasteiger partial charge in [-0.05, 0) is 50.7 Å². The molecule has 0 radical (unpaired) electrons. The number of hydrogen-bond donors (Lipinski definition) is 1. The van der Waals surface area contributed by atoms with E-state index in [-0.39, 0.29) is 0 Å². The Balaban J connectivity index is 1.69. The van der Waals surface area contributed by atoms with Gasteiger partial charge < -0.3 is 19.7 Å². The highest BCUT2D eigenvalue weighted by molar-refractivity contribution is 5.79. The van der Waals surface area contributed by atoms with Crippen LogP contribution in [-0.2, 0) is 4.74 Å². The highest BCUT2D eigenvalue weighted by Crippen LogP contribution is 2.48. The van der Waals surface area contributed by atoms with Gasteiger partial charge in [0.15, 0.2) is 5.96 Å². The van der Waals surface area contributed by atoms with Gasteiger partial charge in [-0.1, -0.05) is 17.7 Å². The summed E-state index contributed by atoms with van der Waals surface area (Å²) < 4.78 is 11.3. The number of rotatable bonds is 10. The van der Waals surface area contributed by atoms with Crippen LogP contribution in [0.3, 0.4) is 0 Å². The second kappa shape index (κ2) is 9.66. The van der Waals surface area contributed by atoms with E-state index in [9.17, 15) is 0 Å². The van der Waals surface area contributed by atoms with Crippen molar-refractivity contribution in [3.05, 3.63) is 29.8 Å². The van der Waals surface area contributed by atoms with Crippen LogP contribution in [0.4, 0.5) is 0 Å². The lowest BCUT2D eigenvalue weighted by molar-refractivity contribution is 0.128. The quantitative estimate of drug-likeness (QED) is 0.401. The van der Waals surface area contributed by atoms with Gasteiger partial charge in [-0.15, -0.1) is 0 Å². The molecule has 1 aromatic rings. The summed E-state index contributed by atoms with van der Waals surface area (Å²) in [6, 6.07) is 8.16. The van der Waals surface area contributed by atoms with E-state index in [0.717, 1.165) is 44.4 Å². The predicted molar refractivity (Wildman–Crippen MR) is 103 cm³/mol. The highest BCUT2D eigenvalue weighted by atomic mass is 16.5. The third-order valence-corrected chi connectivity index (χ3v) is 4.85. The average molecular weight is 348 g/mol. The van der Waals surface area contributed by atoms with Crippen molar-refractivity contribution in [2.45, 2.75) is 33.1 Å². The predicted octanol–water partition coefficient (Wildman–Crippen LogP) is 3.09. The summed E-state index contributed by atoms with van der Waals surface area (Å²) in [6.45, 7) is 8.18. The number of hydrogen-bond acceptors (Lipinski definition) is 3. The van der Waals surface area contributed by atoms with Gasteiger partial charge >= 0.3 is 0 Å². The first-order valence-corrected chi connectivity index (χ1v) is 9.27. The number of benzene rings is 1. The zero-order chi connectivity index (χ0) is 18.1. The van der Waals surface area contributed by atoms with Crippen molar-refractivity contribution < 1.29 is 9.47 Å². The number of nitrogens with zero attached hydrogens (tertiary/aromatic N) is 2.